The molecule has 0 saturated carbocycles. The summed E-state index contributed by atoms with van der Waals surface area (Å²) >= 11 is 0.732. The number of carbonyl (C=O) groups is 2. The highest BCUT2D eigenvalue weighted by Gasteiger charge is 2.31. The third-order valence-electron chi connectivity index (χ3n) is 4.00. The Morgan fingerprint density at radius 1 is 0.833 bits per heavy atom. The zero-order valence-electron chi connectivity index (χ0n) is 14.8. The van der Waals surface area contributed by atoms with Gasteiger partial charge < -0.3 is 10.1 Å². The molecule has 0 aliphatic heterocycles. The minimum Gasteiger partial charge on any atom is -0.465 e. The fourth-order valence-corrected chi connectivity index (χ4v) is 3.52. The molecule has 1 heterocycles. The molecule has 1 aromatic heterocycles. The van der Waals surface area contributed by atoms with Gasteiger partial charge in [-0.25, -0.2) is 31.1 Å². The number of ether oxygens (including phenoxy) is 1. The van der Waals surface area contributed by atoms with E-state index in [2.05, 4.69) is 4.74 Å². The third kappa shape index (κ3) is 3.63. The number of benzene rings is 2. The van der Waals surface area contributed by atoms with Gasteiger partial charge in [-0.1, -0.05) is 12.1 Å². The van der Waals surface area contributed by atoms with Gasteiger partial charge in [0.25, 0.3) is 5.91 Å². The summed E-state index contributed by atoms with van der Waals surface area (Å²) in [6, 6.07) is 4.89. The van der Waals surface area contributed by atoms with Crippen LogP contribution in [0.5, 0.6) is 0 Å². The Kier molecular flexibility index (Phi) is 5.83. The van der Waals surface area contributed by atoms with Crippen LogP contribution in [0.2, 0.25) is 0 Å². The largest absolute Gasteiger partial charge is 0.465 e. The molecule has 0 spiro atoms. The first-order chi connectivity index (χ1) is 14.2. The van der Waals surface area contributed by atoms with E-state index in [-0.39, 0.29) is 16.1 Å². The van der Waals surface area contributed by atoms with Crippen molar-refractivity contribution >= 4 is 28.2 Å². The van der Waals surface area contributed by atoms with E-state index in [1.165, 1.54) is 17.5 Å². The lowest BCUT2D eigenvalue weighted by Gasteiger charge is -2.10. The second-order valence-electron chi connectivity index (χ2n) is 5.75. The van der Waals surface area contributed by atoms with Crippen LogP contribution in [0.4, 0.5) is 31.3 Å². The highest BCUT2D eigenvalue weighted by Crippen LogP contribution is 2.37. The molecule has 0 saturated heterocycles. The summed E-state index contributed by atoms with van der Waals surface area (Å²) in [6.07, 6.45) is 0. The molecule has 2 aromatic carbocycles. The van der Waals surface area contributed by atoms with Crippen LogP contribution in [0.1, 0.15) is 20.7 Å². The molecule has 4 nitrogen and oxygen atoms in total. The predicted octanol–water partition coefficient (Wildman–Crippen LogP) is 5.29. The van der Waals surface area contributed by atoms with Crippen molar-refractivity contribution in [1.29, 1.82) is 0 Å². The number of carbonyl (C=O) groups excluding carboxylic acids is 2. The van der Waals surface area contributed by atoms with E-state index in [1.807, 2.05) is 5.32 Å². The lowest BCUT2D eigenvalue weighted by atomic mass is 10.0. The van der Waals surface area contributed by atoms with Crippen molar-refractivity contribution in [2.24, 2.45) is 0 Å². The van der Waals surface area contributed by atoms with E-state index in [0.717, 1.165) is 30.6 Å². The Morgan fingerprint density at radius 3 is 1.90 bits per heavy atom. The topological polar surface area (TPSA) is 55.4 Å². The zero-order valence-corrected chi connectivity index (χ0v) is 15.6. The molecule has 1 N–H and O–H groups in total. The number of hydrogen-bond donors (Lipinski definition) is 1. The molecule has 0 atom stereocenters. The molecule has 0 aliphatic carbocycles. The molecular formula is C19H9F6NO3S. The van der Waals surface area contributed by atoms with Gasteiger partial charge in [-0.15, -0.1) is 11.3 Å². The maximum Gasteiger partial charge on any atom is 0.341 e. The molecule has 3 rings (SSSR count). The Labute approximate surface area is 168 Å². The molecule has 3 aromatic rings. The monoisotopic (exact) mass is 445 g/mol. The van der Waals surface area contributed by atoms with Gasteiger partial charge in [-0.2, -0.15) is 0 Å². The van der Waals surface area contributed by atoms with Crippen LogP contribution in [-0.2, 0) is 4.74 Å². The first-order valence-electron chi connectivity index (χ1n) is 7.95. The summed E-state index contributed by atoms with van der Waals surface area (Å²) in [5.74, 6) is -14.8. The van der Waals surface area contributed by atoms with E-state index in [1.54, 1.807) is 0 Å². The fourth-order valence-electron chi connectivity index (χ4n) is 2.57. The molecule has 0 radical (unpaired) electrons. The lowest BCUT2D eigenvalue weighted by Crippen LogP contribution is -2.20. The first kappa shape index (κ1) is 21.4. The number of rotatable bonds is 4. The standard InChI is InChI=1S/C19H9F6NO3S/c1-29-19(28)10-9(7-2-4-8(20)5-3-7)6-30-18(10)26-17(27)11-12(21)14(23)16(25)15(24)13(11)22/h2-6H,1H3,(H,26,27). The van der Waals surface area contributed by atoms with Gasteiger partial charge in [0.1, 0.15) is 21.9 Å². The maximum atomic E-state index is 13.9. The average molecular weight is 445 g/mol. The number of thiophene rings is 1. The van der Waals surface area contributed by atoms with Crippen molar-refractivity contribution in [2.75, 3.05) is 12.4 Å². The molecule has 0 unspecified atom stereocenters. The number of anilines is 1. The van der Waals surface area contributed by atoms with Gasteiger partial charge in [0, 0.05) is 10.9 Å². The summed E-state index contributed by atoms with van der Waals surface area (Å²) < 4.78 is 85.5. The van der Waals surface area contributed by atoms with Crippen LogP contribution < -0.4 is 5.32 Å². The molecule has 156 valence electrons. The van der Waals surface area contributed by atoms with Crippen LogP contribution in [0.25, 0.3) is 11.1 Å². The lowest BCUT2D eigenvalue weighted by molar-refractivity contribution is 0.0603. The van der Waals surface area contributed by atoms with Crippen LogP contribution in [-0.4, -0.2) is 19.0 Å². The number of nitrogens with one attached hydrogen (secondary N) is 1. The highest BCUT2D eigenvalue weighted by molar-refractivity contribution is 7.15. The Morgan fingerprint density at radius 2 is 1.37 bits per heavy atom. The summed E-state index contributed by atoms with van der Waals surface area (Å²) in [4.78, 5) is 24.5. The number of esters is 1. The van der Waals surface area contributed by atoms with E-state index in [0.29, 0.717) is 5.56 Å². The number of methoxy groups -OCH3 is 1. The van der Waals surface area contributed by atoms with Gasteiger partial charge >= 0.3 is 5.97 Å². The molecule has 0 fully saturated rings. The number of hydrogen-bond acceptors (Lipinski definition) is 4. The number of halogens is 6. The maximum absolute atomic E-state index is 13.9. The summed E-state index contributed by atoms with van der Waals surface area (Å²) in [5.41, 5.74) is -1.41. The van der Waals surface area contributed by atoms with Crippen molar-refractivity contribution in [2.45, 2.75) is 0 Å². The fraction of sp³-hybridized carbons (Fsp3) is 0.0526. The van der Waals surface area contributed by atoms with Crippen molar-refractivity contribution in [3.63, 3.8) is 0 Å². The van der Waals surface area contributed by atoms with Crippen LogP contribution in [0.3, 0.4) is 0 Å². The summed E-state index contributed by atoms with van der Waals surface area (Å²) in [6.45, 7) is 0. The average Bonchev–Trinajstić information content (AvgIpc) is 3.14. The first-order valence-corrected chi connectivity index (χ1v) is 8.83. The van der Waals surface area contributed by atoms with Crippen LogP contribution in [0, 0.1) is 34.9 Å². The van der Waals surface area contributed by atoms with Crippen molar-refractivity contribution in [3.8, 4) is 11.1 Å². The molecule has 0 bridgehead atoms. The van der Waals surface area contributed by atoms with E-state index >= 15 is 0 Å². The molecular weight excluding hydrogens is 436 g/mol. The van der Waals surface area contributed by atoms with Crippen molar-refractivity contribution in [1.82, 2.24) is 0 Å². The minimum absolute atomic E-state index is 0.194. The third-order valence-corrected chi connectivity index (χ3v) is 4.90. The van der Waals surface area contributed by atoms with Crippen molar-refractivity contribution < 1.29 is 40.7 Å². The van der Waals surface area contributed by atoms with Crippen LogP contribution >= 0.6 is 11.3 Å². The predicted molar refractivity (Wildman–Crippen MR) is 95.2 cm³/mol. The molecule has 11 heteroatoms. The number of amides is 1. The summed E-state index contributed by atoms with van der Waals surface area (Å²) in [5, 5.41) is 3.07. The second kappa shape index (κ2) is 8.19. The van der Waals surface area contributed by atoms with Crippen molar-refractivity contribution in [3.05, 3.63) is 75.7 Å². The van der Waals surface area contributed by atoms with Gasteiger partial charge in [0.05, 0.1) is 7.11 Å². The van der Waals surface area contributed by atoms with Crippen LogP contribution in [0.15, 0.2) is 29.6 Å². The van der Waals surface area contributed by atoms with Gasteiger partial charge in [-0.3, -0.25) is 4.79 Å². The Hall–Kier alpha value is -3.34. The SMILES string of the molecule is COC(=O)c1c(-c2ccc(F)cc2)csc1NC(=O)c1c(F)c(F)c(F)c(F)c1F. The Balaban J connectivity index is 2.07. The quantitative estimate of drug-likeness (QED) is 0.257. The zero-order chi connectivity index (χ0) is 22.2. The molecule has 30 heavy (non-hydrogen) atoms. The minimum atomic E-state index is -2.41. The van der Waals surface area contributed by atoms with E-state index in [9.17, 15) is 35.9 Å². The van der Waals surface area contributed by atoms with Gasteiger partial charge in [0.15, 0.2) is 23.3 Å². The van der Waals surface area contributed by atoms with E-state index in [4.69, 9.17) is 0 Å². The van der Waals surface area contributed by atoms with Gasteiger partial charge in [0.2, 0.25) is 5.82 Å². The molecule has 0 aliphatic rings. The summed E-state index contributed by atoms with van der Waals surface area (Å²) in [7, 11) is 1.03. The van der Waals surface area contributed by atoms with Gasteiger partial charge in [-0.05, 0) is 17.7 Å². The Bertz CT molecular complexity index is 1130. The normalized spacial score (nSPS) is 10.8. The van der Waals surface area contributed by atoms with E-state index < -0.39 is 52.3 Å². The highest BCUT2D eigenvalue weighted by atomic mass is 32.1. The smallest absolute Gasteiger partial charge is 0.341 e. The second-order valence-corrected chi connectivity index (χ2v) is 6.63. The molecule has 1 amide bonds.